The van der Waals surface area contributed by atoms with Crippen LogP contribution in [0.3, 0.4) is 0 Å². The van der Waals surface area contributed by atoms with Crippen LogP contribution in [0.2, 0.25) is 0 Å². The van der Waals surface area contributed by atoms with E-state index in [0.29, 0.717) is 56.1 Å². The molecular weight excluding hydrogens is 523 g/mol. The first-order chi connectivity index (χ1) is 19.2. The molecule has 2 unspecified atom stereocenters. The third-order valence-electron chi connectivity index (χ3n) is 6.97. The van der Waals surface area contributed by atoms with Crippen LogP contribution in [0.15, 0.2) is 71.3 Å². The molecule has 3 aromatic rings. The summed E-state index contributed by atoms with van der Waals surface area (Å²) in [6, 6.07) is 17.9. The van der Waals surface area contributed by atoms with Gasteiger partial charge >= 0.3 is 6.18 Å². The van der Waals surface area contributed by atoms with Crippen molar-refractivity contribution in [3.63, 3.8) is 0 Å². The molecule has 2 aromatic heterocycles. The maximum atomic E-state index is 13.2. The van der Waals surface area contributed by atoms with Crippen molar-refractivity contribution in [2.75, 3.05) is 26.2 Å². The van der Waals surface area contributed by atoms with Gasteiger partial charge in [0, 0.05) is 38.3 Å². The second-order valence-electron chi connectivity index (χ2n) is 10.0. The lowest BCUT2D eigenvalue weighted by Gasteiger charge is -2.44. The molecule has 1 saturated heterocycles. The zero-order chi connectivity index (χ0) is 28.5. The number of halogens is 3. The van der Waals surface area contributed by atoms with Gasteiger partial charge in [0.2, 0.25) is 11.8 Å². The van der Waals surface area contributed by atoms with E-state index in [0.717, 1.165) is 5.56 Å². The number of furan rings is 1. The number of alkyl halides is 3. The molecule has 2 amide bonds. The minimum absolute atomic E-state index is 0.162. The monoisotopic (exact) mass is 557 g/mol. The van der Waals surface area contributed by atoms with Crippen LogP contribution in [0.25, 0.3) is 11.5 Å². The van der Waals surface area contributed by atoms with Gasteiger partial charge in [-0.1, -0.05) is 36.4 Å². The van der Waals surface area contributed by atoms with Crippen LogP contribution in [0.1, 0.15) is 30.6 Å². The van der Waals surface area contributed by atoms with Crippen molar-refractivity contribution in [1.82, 2.24) is 20.1 Å². The molecule has 40 heavy (non-hydrogen) atoms. The lowest BCUT2D eigenvalue weighted by molar-refractivity contribution is -0.144. The van der Waals surface area contributed by atoms with Gasteiger partial charge in [0.05, 0.1) is 6.54 Å². The standard InChI is InChI=1S/C29H34F3N5O3/c30-29(31,32)20-35-28(39)25-19-36(18-23-12-13-26(40-23)24-10-4-5-14-34-24)15-16-37(25)22(9-6-11-27(33)38)17-21-7-2-1-3-8-21/h1-5,7-8,10,12-14,22,25H,6,9,11,15-20H2,(H2,33,38)(H,35,39). The summed E-state index contributed by atoms with van der Waals surface area (Å²) >= 11 is 0. The van der Waals surface area contributed by atoms with Crippen molar-refractivity contribution in [1.29, 1.82) is 0 Å². The highest BCUT2D eigenvalue weighted by Gasteiger charge is 2.38. The van der Waals surface area contributed by atoms with Gasteiger partial charge in [0.25, 0.3) is 0 Å². The van der Waals surface area contributed by atoms with Crippen LogP contribution in [0, 0.1) is 0 Å². The predicted octanol–water partition coefficient (Wildman–Crippen LogP) is 3.77. The number of rotatable bonds is 12. The molecular formula is C29H34F3N5O3. The third-order valence-corrected chi connectivity index (χ3v) is 6.97. The van der Waals surface area contributed by atoms with E-state index in [1.165, 1.54) is 0 Å². The quantitative estimate of drug-likeness (QED) is 0.351. The number of primary amides is 1. The Kier molecular flexibility index (Phi) is 9.94. The fraction of sp³-hybridized carbons (Fsp3) is 0.414. The van der Waals surface area contributed by atoms with Crippen LogP contribution in [0.4, 0.5) is 13.2 Å². The number of carbonyl (C=O) groups is 2. The number of carbonyl (C=O) groups excluding carboxylic acids is 2. The minimum Gasteiger partial charge on any atom is -0.458 e. The normalized spacial score (nSPS) is 17.4. The Morgan fingerprint density at radius 1 is 1.07 bits per heavy atom. The lowest BCUT2D eigenvalue weighted by atomic mass is 9.96. The molecule has 0 radical (unpaired) electrons. The van der Waals surface area contributed by atoms with Crippen LogP contribution >= 0.6 is 0 Å². The topological polar surface area (TPSA) is 105 Å². The van der Waals surface area contributed by atoms with Crippen LogP contribution in [-0.4, -0.2) is 71.0 Å². The van der Waals surface area contributed by atoms with Gasteiger partial charge in [0.15, 0.2) is 5.76 Å². The lowest BCUT2D eigenvalue weighted by Crippen LogP contribution is -2.62. The molecule has 1 fully saturated rings. The number of amides is 2. The average molecular weight is 558 g/mol. The van der Waals surface area contributed by atoms with Gasteiger partial charge < -0.3 is 15.5 Å². The van der Waals surface area contributed by atoms with Crippen molar-refractivity contribution in [2.24, 2.45) is 5.73 Å². The Balaban J connectivity index is 1.51. The number of nitrogens with zero attached hydrogens (tertiary/aromatic N) is 3. The summed E-state index contributed by atoms with van der Waals surface area (Å²) in [6.07, 6.45) is -0.952. The van der Waals surface area contributed by atoms with Gasteiger partial charge in [-0.25, -0.2) is 0 Å². The van der Waals surface area contributed by atoms with E-state index < -0.39 is 30.6 Å². The Hall–Kier alpha value is -3.70. The fourth-order valence-corrected chi connectivity index (χ4v) is 5.09. The van der Waals surface area contributed by atoms with Crippen molar-refractivity contribution >= 4 is 11.8 Å². The summed E-state index contributed by atoms with van der Waals surface area (Å²) in [4.78, 5) is 32.9. The Morgan fingerprint density at radius 2 is 1.85 bits per heavy atom. The van der Waals surface area contributed by atoms with Crippen LogP contribution in [-0.2, 0) is 22.6 Å². The Morgan fingerprint density at radius 3 is 2.55 bits per heavy atom. The number of benzene rings is 1. The molecule has 2 atom stereocenters. The number of piperazine rings is 1. The van der Waals surface area contributed by atoms with Gasteiger partial charge in [0.1, 0.15) is 24.0 Å². The van der Waals surface area contributed by atoms with Crippen LogP contribution in [0.5, 0.6) is 0 Å². The number of pyridine rings is 1. The molecule has 214 valence electrons. The summed E-state index contributed by atoms with van der Waals surface area (Å²) in [5.41, 5.74) is 7.09. The van der Waals surface area contributed by atoms with Crippen molar-refractivity contribution < 1.29 is 27.2 Å². The summed E-state index contributed by atoms with van der Waals surface area (Å²) < 4.78 is 44.9. The van der Waals surface area contributed by atoms with E-state index in [1.54, 1.807) is 6.20 Å². The highest BCUT2D eigenvalue weighted by atomic mass is 19.4. The summed E-state index contributed by atoms with van der Waals surface area (Å²) in [5, 5.41) is 2.09. The fourth-order valence-electron chi connectivity index (χ4n) is 5.09. The second-order valence-corrected chi connectivity index (χ2v) is 10.0. The number of hydrogen-bond acceptors (Lipinski definition) is 6. The van der Waals surface area contributed by atoms with Gasteiger partial charge in [-0.3, -0.25) is 24.4 Å². The molecule has 1 aliphatic heterocycles. The molecule has 11 heteroatoms. The zero-order valence-electron chi connectivity index (χ0n) is 22.1. The molecule has 3 N–H and O–H groups in total. The molecule has 3 heterocycles. The molecule has 0 saturated carbocycles. The molecule has 1 aromatic carbocycles. The van der Waals surface area contributed by atoms with Crippen LogP contribution < -0.4 is 11.1 Å². The maximum absolute atomic E-state index is 13.2. The highest BCUT2D eigenvalue weighted by Crippen LogP contribution is 2.25. The number of nitrogens with two attached hydrogens (primary N) is 1. The molecule has 0 bridgehead atoms. The van der Waals surface area contributed by atoms with E-state index in [4.69, 9.17) is 10.2 Å². The largest absolute Gasteiger partial charge is 0.458 e. The average Bonchev–Trinajstić information content (AvgIpc) is 3.40. The predicted molar refractivity (Wildman–Crippen MR) is 144 cm³/mol. The summed E-state index contributed by atoms with van der Waals surface area (Å²) in [6.45, 7) is 0.280. The molecule has 0 spiro atoms. The highest BCUT2D eigenvalue weighted by molar-refractivity contribution is 5.82. The van der Waals surface area contributed by atoms with Crippen molar-refractivity contribution in [2.45, 2.75) is 50.5 Å². The van der Waals surface area contributed by atoms with E-state index in [-0.39, 0.29) is 19.0 Å². The van der Waals surface area contributed by atoms with E-state index in [9.17, 15) is 22.8 Å². The van der Waals surface area contributed by atoms with E-state index in [1.807, 2.05) is 70.5 Å². The van der Waals surface area contributed by atoms with Crippen molar-refractivity contribution in [3.8, 4) is 11.5 Å². The first kappa shape index (κ1) is 29.3. The third kappa shape index (κ3) is 8.65. The first-order valence-electron chi connectivity index (χ1n) is 13.3. The smallest absolute Gasteiger partial charge is 0.405 e. The van der Waals surface area contributed by atoms with E-state index >= 15 is 0 Å². The maximum Gasteiger partial charge on any atom is 0.405 e. The zero-order valence-corrected chi connectivity index (χ0v) is 22.1. The number of hydrogen-bond donors (Lipinski definition) is 2. The van der Waals surface area contributed by atoms with Gasteiger partial charge in [-0.2, -0.15) is 13.2 Å². The number of nitrogens with one attached hydrogen (secondary N) is 1. The molecule has 8 nitrogen and oxygen atoms in total. The minimum atomic E-state index is -4.52. The molecule has 1 aliphatic rings. The summed E-state index contributed by atoms with van der Waals surface area (Å²) in [5.74, 6) is 0.201. The van der Waals surface area contributed by atoms with E-state index in [2.05, 4.69) is 10.3 Å². The summed E-state index contributed by atoms with van der Waals surface area (Å²) in [7, 11) is 0. The second kappa shape index (κ2) is 13.6. The van der Waals surface area contributed by atoms with Crippen molar-refractivity contribution in [3.05, 3.63) is 78.2 Å². The molecule has 0 aliphatic carbocycles. The number of aromatic nitrogens is 1. The first-order valence-corrected chi connectivity index (χ1v) is 13.3. The Bertz CT molecular complexity index is 1240. The molecule has 4 rings (SSSR count). The SMILES string of the molecule is NC(=O)CCCC(Cc1ccccc1)N1CCN(Cc2ccc(-c3ccccn3)o2)CC1C(=O)NCC(F)(F)F. The van der Waals surface area contributed by atoms with Gasteiger partial charge in [-0.05, 0) is 49.1 Å². The Labute approximate surface area is 231 Å². The van der Waals surface area contributed by atoms with Gasteiger partial charge in [-0.15, -0.1) is 0 Å².